The first-order valence-electron chi connectivity index (χ1n) is 8.73. The molecule has 0 amide bonds. The molecule has 2 aromatic carbocycles. The molecule has 2 aromatic rings. The quantitative estimate of drug-likeness (QED) is 0.739. The van der Waals surface area contributed by atoms with Crippen LogP contribution in [0, 0.1) is 0 Å². The van der Waals surface area contributed by atoms with Crippen LogP contribution in [0.2, 0.25) is 0 Å². The van der Waals surface area contributed by atoms with Crippen LogP contribution in [0.5, 0.6) is 5.75 Å². The van der Waals surface area contributed by atoms with Gasteiger partial charge in [0.05, 0.1) is 0 Å². The van der Waals surface area contributed by atoms with E-state index in [0.29, 0.717) is 0 Å². The predicted molar refractivity (Wildman–Crippen MR) is 112 cm³/mol. The lowest BCUT2D eigenvalue weighted by molar-refractivity contribution is 0.400. The fourth-order valence-corrected chi connectivity index (χ4v) is 5.73. The summed E-state index contributed by atoms with van der Waals surface area (Å²) in [7, 11) is 8.09. The Morgan fingerprint density at radius 2 is 1.44 bits per heavy atom. The van der Waals surface area contributed by atoms with E-state index in [1.165, 1.54) is 27.8 Å². The van der Waals surface area contributed by atoms with E-state index in [4.69, 9.17) is 4.74 Å². The summed E-state index contributed by atoms with van der Waals surface area (Å²) in [5, 5.41) is 1.64. The van der Waals surface area contributed by atoms with Gasteiger partial charge in [0.25, 0.3) is 0 Å². The topological polar surface area (TPSA) is 15.7 Å². The summed E-state index contributed by atoms with van der Waals surface area (Å²) in [5.41, 5.74) is 5.12. The molecule has 0 spiro atoms. The summed E-state index contributed by atoms with van der Waals surface area (Å²) in [6.07, 6.45) is 0.826. The van der Waals surface area contributed by atoms with Crippen LogP contribution in [0.4, 0.5) is 11.4 Å². The van der Waals surface area contributed by atoms with Crippen molar-refractivity contribution in [2.45, 2.75) is 25.9 Å². The van der Waals surface area contributed by atoms with Crippen molar-refractivity contribution < 1.29 is 4.74 Å². The molecular formula is C21H29N2OP. The number of rotatable bonds is 3. The fourth-order valence-electron chi connectivity index (χ4n) is 3.40. The van der Waals surface area contributed by atoms with E-state index in [2.05, 4.69) is 95.2 Å². The molecule has 0 saturated carbocycles. The van der Waals surface area contributed by atoms with Crippen LogP contribution < -0.4 is 19.8 Å². The average molecular weight is 356 g/mol. The molecule has 1 heterocycles. The number of fused-ring (bicyclic) bond motifs is 1. The third kappa shape index (κ3) is 3.22. The van der Waals surface area contributed by atoms with Gasteiger partial charge in [-0.1, -0.05) is 39.0 Å². The maximum absolute atomic E-state index is 6.10. The molecule has 3 rings (SSSR count). The maximum atomic E-state index is 6.10. The lowest BCUT2D eigenvalue weighted by Crippen LogP contribution is -2.21. The molecule has 0 fully saturated rings. The van der Waals surface area contributed by atoms with Gasteiger partial charge in [0.1, 0.15) is 12.1 Å². The zero-order chi connectivity index (χ0) is 18.4. The van der Waals surface area contributed by atoms with Gasteiger partial charge in [-0.05, 0) is 36.8 Å². The largest absolute Gasteiger partial charge is 0.488 e. The van der Waals surface area contributed by atoms with E-state index < -0.39 is 0 Å². The minimum atomic E-state index is -0.369. The highest BCUT2D eigenvalue weighted by Crippen LogP contribution is 2.56. The zero-order valence-corrected chi connectivity index (χ0v) is 17.3. The molecule has 0 saturated heterocycles. The Balaban J connectivity index is 2.31. The summed E-state index contributed by atoms with van der Waals surface area (Å²) in [6, 6.07) is 13.1. The second-order valence-electron chi connectivity index (χ2n) is 7.98. The van der Waals surface area contributed by atoms with Crippen molar-refractivity contribution in [2.75, 3.05) is 44.3 Å². The summed E-state index contributed by atoms with van der Waals surface area (Å²) >= 11 is 0. The Bertz CT molecular complexity index is 752. The van der Waals surface area contributed by atoms with Gasteiger partial charge >= 0.3 is 0 Å². The molecule has 1 aliphatic rings. The number of ether oxygens (including phenoxy) is 1. The third-order valence-corrected chi connectivity index (χ3v) is 7.69. The van der Waals surface area contributed by atoms with Crippen molar-refractivity contribution in [1.29, 1.82) is 0 Å². The smallest absolute Gasteiger partial charge is 0.128 e. The van der Waals surface area contributed by atoms with E-state index in [-0.39, 0.29) is 13.1 Å². The van der Waals surface area contributed by atoms with Crippen LogP contribution >= 0.6 is 7.92 Å². The normalized spacial score (nSPS) is 16.4. The molecule has 1 atom stereocenters. The summed E-state index contributed by atoms with van der Waals surface area (Å²) < 4.78 is 6.10. The molecule has 0 bridgehead atoms. The maximum Gasteiger partial charge on any atom is 0.128 e. The Labute approximate surface area is 153 Å². The van der Waals surface area contributed by atoms with Gasteiger partial charge < -0.3 is 14.5 Å². The van der Waals surface area contributed by atoms with Gasteiger partial charge in [-0.15, -0.1) is 0 Å². The van der Waals surface area contributed by atoms with Crippen LogP contribution in [0.25, 0.3) is 11.1 Å². The molecule has 0 unspecified atom stereocenters. The first kappa shape index (κ1) is 18.1. The van der Waals surface area contributed by atoms with Gasteiger partial charge in [0.15, 0.2) is 0 Å². The highest BCUT2D eigenvalue weighted by molar-refractivity contribution is 7.67. The van der Waals surface area contributed by atoms with E-state index in [9.17, 15) is 0 Å². The van der Waals surface area contributed by atoms with Crippen LogP contribution in [-0.2, 0) is 0 Å². The highest BCUT2D eigenvalue weighted by Gasteiger charge is 2.36. The minimum absolute atomic E-state index is 0.224. The van der Waals surface area contributed by atoms with Crippen LogP contribution in [0.1, 0.15) is 20.8 Å². The Morgan fingerprint density at radius 1 is 0.880 bits per heavy atom. The van der Waals surface area contributed by atoms with Gasteiger partial charge in [0.2, 0.25) is 0 Å². The van der Waals surface area contributed by atoms with Crippen molar-refractivity contribution in [1.82, 2.24) is 0 Å². The molecule has 0 radical (unpaired) electrons. The highest BCUT2D eigenvalue weighted by atomic mass is 31.1. The Morgan fingerprint density at radius 3 is 1.96 bits per heavy atom. The number of hydrogen-bond acceptors (Lipinski definition) is 3. The SMILES string of the molecule is CN(C)c1cccc(N(C)C)c1-c1cccc2c1[P@](C(C)(C)C)CO2. The number of anilines is 2. The standard InChI is InChI=1S/C21H29N2OP/c1-21(2,3)25-14-24-18-13-8-10-15(20(18)25)19-16(22(4)5)11-9-12-17(19)23(6)7/h8-13H,14H2,1-7H3/t25-/m1/s1. The monoisotopic (exact) mass is 356 g/mol. The first-order chi connectivity index (χ1) is 11.7. The van der Waals surface area contributed by atoms with Crippen molar-refractivity contribution in [3.05, 3.63) is 36.4 Å². The van der Waals surface area contributed by atoms with E-state index in [1.807, 2.05) is 0 Å². The Kier molecular flexibility index (Phi) is 4.72. The molecule has 0 N–H and O–H groups in total. The molecular weight excluding hydrogens is 327 g/mol. The van der Waals surface area contributed by atoms with Gasteiger partial charge in [-0.25, -0.2) is 0 Å². The lowest BCUT2D eigenvalue weighted by Gasteiger charge is -2.30. The van der Waals surface area contributed by atoms with Crippen LogP contribution in [0.3, 0.4) is 0 Å². The Hall–Kier alpha value is -1.73. The van der Waals surface area contributed by atoms with E-state index >= 15 is 0 Å². The second kappa shape index (κ2) is 6.53. The molecule has 1 aliphatic heterocycles. The molecule has 0 aliphatic carbocycles. The van der Waals surface area contributed by atoms with Gasteiger partial charge in [-0.2, -0.15) is 0 Å². The molecule has 0 aromatic heterocycles. The molecule has 3 nitrogen and oxygen atoms in total. The van der Waals surface area contributed by atoms with Crippen molar-refractivity contribution in [2.24, 2.45) is 0 Å². The second-order valence-corrected chi connectivity index (χ2v) is 10.9. The number of nitrogens with zero attached hydrogens (tertiary/aromatic N) is 2. The molecule has 25 heavy (non-hydrogen) atoms. The summed E-state index contributed by atoms with van der Waals surface area (Å²) in [6.45, 7) is 7.00. The molecule has 134 valence electrons. The third-order valence-electron chi connectivity index (χ3n) is 4.68. The van der Waals surface area contributed by atoms with E-state index in [0.717, 1.165) is 12.1 Å². The molecule has 4 heteroatoms. The van der Waals surface area contributed by atoms with Crippen molar-refractivity contribution in [3.8, 4) is 16.9 Å². The summed E-state index contributed by atoms with van der Waals surface area (Å²) in [5.74, 6) is 1.07. The van der Waals surface area contributed by atoms with E-state index in [1.54, 1.807) is 0 Å². The predicted octanol–water partition coefficient (Wildman–Crippen LogP) is 4.74. The van der Waals surface area contributed by atoms with Crippen LogP contribution in [0.15, 0.2) is 36.4 Å². The zero-order valence-electron chi connectivity index (χ0n) is 16.4. The number of hydrogen-bond donors (Lipinski definition) is 0. The van der Waals surface area contributed by atoms with Crippen LogP contribution in [-0.4, -0.2) is 39.7 Å². The average Bonchev–Trinajstić information content (AvgIpc) is 2.98. The van der Waals surface area contributed by atoms with Gasteiger partial charge in [-0.3, -0.25) is 0 Å². The minimum Gasteiger partial charge on any atom is -0.488 e. The first-order valence-corrected chi connectivity index (χ1v) is 10.3. The van der Waals surface area contributed by atoms with Crippen molar-refractivity contribution in [3.63, 3.8) is 0 Å². The van der Waals surface area contributed by atoms with Crippen molar-refractivity contribution >= 4 is 24.6 Å². The van der Waals surface area contributed by atoms with Gasteiger partial charge in [0, 0.05) is 50.4 Å². The fraction of sp³-hybridized carbons (Fsp3) is 0.429. The number of benzene rings is 2. The summed E-state index contributed by atoms with van der Waals surface area (Å²) in [4.78, 5) is 4.41. The lowest BCUT2D eigenvalue weighted by atomic mass is 9.99.